The smallest absolute Gasteiger partial charge is 0.273 e. The van der Waals surface area contributed by atoms with E-state index in [1.54, 1.807) is 12.3 Å². The van der Waals surface area contributed by atoms with E-state index < -0.39 is 0 Å². The molecule has 140 valence electrons. The lowest BCUT2D eigenvalue weighted by molar-refractivity contribution is 0.0930. The summed E-state index contributed by atoms with van der Waals surface area (Å²) in [5.41, 5.74) is 3.39. The quantitative estimate of drug-likeness (QED) is 0.695. The molecule has 0 fully saturated rings. The van der Waals surface area contributed by atoms with Gasteiger partial charge in [0, 0.05) is 24.5 Å². The molecule has 0 saturated carbocycles. The van der Waals surface area contributed by atoms with Crippen LogP contribution in [0.3, 0.4) is 0 Å². The van der Waals surface area contributed by atoms with E-state index in [4.69, 9.17) is 4.52 Å². The monoisotopic (exact) mass is 364 g/mol. The normalized spacial score (nSPS) is 12.1. The Hall–Kier alpha value is -2.99. The number of amides is 1. The number of pyridine rings is 1. The lowest BCUT2D eigenvalue weighted by Crippen LogP contribution is -2.27. The minimum absolute atomic E-state index is 0.161. The Labute approximate surface area is 159 Å². The summed E-state index contributed by atoms with van der Waals surface area (Å²) in [5.74, 6) is 0.395. The predicted octanol–water partition coefficient (Wildman–Crippen LogP) is 3.50. The first-order chi connectivity index (χ1) is 13.0. The molecule has 1 unspecified atom stereocenters. The highest BCUT2D eigenvalue weighted by Crippen LogP contribution is 2.14. The van der Waals surface area contributed by atoms with E-state index in [0.29, 0.717) is 12.3 Å². The number of benzene rings is 1. The van der Waals surface area contributed by atoms with E-state index in [0.717, 1.165) is 17.8 Å². The number of nitrogens with zero attached hydrogens (tertiary/aromatic N) is 3. The average molecular weight is 364 g/mol. The molecule has 27 heavy (non-hydrogen) atoms. The van der Waals surface area contributed by atoms with Gasteiger partial charge in [-0.3, -0.25) is 14.7 Å². The van der Waals surface area contributed by atoms with Crippen molar-refractivity contribution in [3.8, 4) is 0 Å². The molecule has 1 atom stereocenters. The fourth-order valence-electron chi connectivity index (χ4n) is 2.80. The van der Waals surface area contributed by atoms with Crippen LogP contribution >= 0.6 is 0 Å². The molecular weight excluding hydrogens is 340 g/mol. The topological polar surface area (TPSA) is 71.3 Å². The van der Waals surface area contributed by atoms with Crippen molar-refractivity contribution in [2.24, 2.45) is 0 Å². The van der Waals surface area contributed by atoms with Crippen LogP contribution in [0.5, 0.6) is 0 Å². The number of aryl methyl sites for hydroxylation is 1. The van der Waals surface area contributed by atoms with Gasteiger partial charge in [-0.1, -0.05) is 41.6 Å². The fourth-order valence-corrected chi connectivity index (χ4v) is 2.80. The van der Waals surface area contributed by atoms with Gasteiger partial charge in [0.15, 0.2) is 11.5 Å². The van der Waals surface area contributed by atoms with Crippen LogP contribution in [-0.2, 0) is 13.1 Å². The van der Waals surface area contributed by atoms with Crippen LogP contribution in [0, 0.1) is 6.92 Å². The Bertz CT molecular complexity index is 875. The van der Waals surface area contributed by atoms with E-state index in [1.807, 2.05) is 51.2 Å². The number of hydrogen-bond donors (Lipinski definition) is 1. The van der Waals surface area contributed by atoms with Gasteiger partial charge >= 0.3 is 0 Å². The first-order valence-electron chi connectivity index (χ1n) is 8.93. The maximum atomic E-state index is 12.4. The fraction of sp³-hybridized carbons (Fsp3) is 0.286. The number of aromatic nitrogens is 2. The molecule has 2 heterocycles. The molecule has 0 aliphatic carbocycles. The Morgan fingerprint density at radius 3 is 2.67 bits per heavy atom. The lowest BCUT2D eigenvalue weighted by Gasteiger charge is -2.14. The van der Waals surface area contributed by atoms with Crippen LogP contribution in [0.4, 0.5) is 0 Å². The zero-order valence-electron chi connectivity index (χ0n) is 15.8. The Morgan fingerprint density at radius 1 is 1.19 bits per heavy atom. The molecule has 0 aliphatic rings. The number of nitrogens with one attached hydrogen (secondary N) is 1. The van der Waals surface area contributed by atoms with Gasteiger partial charge < -0.3 is 9.84 Å². The van der Waals surface area contributed by atoms with Crippen molar-refractivity contribution in [1.82, 2.24) is 20.4 Å². The summed E-state index contributed by atoms with van der Waals surface area (Å²) >= 11 is 0. The summed E-state index contributed by atoms with van der Waals surface area (Å²) in [4.78, 5) is 18.8. The van der Waals surface area contributed by atoms with Crippen LogP contribution in [0.25, 0.3) is 0 Å². The van der Waals surface area contributed by atoms with Crippen molar-refractivity contribution in [3.05, 3.63) is 83.0 Å². The number of carbonyl (C=O) groups is 1. The summed E-state index contributed by atoms with van der Waals surface area (Å²) in [6.45, 7) is 5.21. The molecule has 2 aromatic heterocycles. The summed E-state index contributed by atoms with van der Waals surface area (Å²) in [7, 11) is 2.00. The Morgan fingerprint density at radius 2 is 1.96 bits per heavy atom. The third kappa shape index (κ3) is 5.24. The van der Waals surface area contributed by atoms with Gasteiger partial charge in [-0.05, 0) is 38.1 Å². The SMILES string of the molecule is Cc1ccc(C(C)NC(=O)c2cc(CN(C)Cc3ccccc3)on2)cn1. The van der Waals surface area contributed by atoms with Crippen molar-refractivity contribution >= 4 is 5.91 Å². The van der Waals surface area contributed by atoms with Crippen LogP contribution in [0.1, 0.15) is 46.0 Å². The van der Waals surface area contributed by atoms with E-state index in [-0.39, 0.29) is 17.6 Å². The van der Waals surface area contributed by atoms with Crippen molar-refractivity contribution in [2.45, 2.75) is 33.0 Å². The second kappa shape index (κ2) is 8.60. The van der Waals surface area contributed by atoms with E-state index in [2.05, 4.69) is 32.5 Å². The third-order valence-corrected chi connectivity index (χ3v) is 4.29. The second-order valence-corrected chi connectivity index (χ2v) is 6.76. The standard InChI is InChI=1S/C21H24N4O2/c1-15-9-10-18(12-22-15)16(2)23-21(26)20-11-19(27-24-20)14-25(3)13-17-7-5-4-6-8-17/h4-12,16H,13-14H2,1-3H3,(H,23,26). The molecule has 0 aliphatic heterocycles. The van der Waals surface area contributed by atoms with Gasteiger partial charge in [-0.25, -0.2) is 0 Å². The summed E-state index contributed by atoms with van der Waals surface area (Å²) < 4.78 is 5.33. The van der Waals surface area contributed by atoms with Crippen LogP contribution in [0.15, 0.2) is 59.3 Å². The van der Waals surface area contributed by atoms with Crippen molar-refractivity contribution in [3.63, 3.8) is 0 Å². The maximum absolute atomic E-state index is 12.4. The van der Waals surface area contributed by atoms with Crippen molar-refractivity contribution in [1.29, 1.82) is 0 Å². The zero-order chi connectivity index (χ0) is 19.2. The lowest BCUT2D eigenvalue weighted by atomic mass is 10.1. The van der Waals surface area contributed by atoms with Crippen LogP contribution < -0.4 is 5.32 Å². The van der Waals surface area contributed by atoms with Gasteiger partial charge in [0.25, 0.3) is 5.91 Å². The third-order valence-electron chi connectivity index (χ3n) is 4.29. The van der Waals surface area contributed by atoms with Gasteiger partial charge in [0.2, 0.25) is 0 Å². The van der Waals surface area contributed by atoms with Gasteiger partial charge in [-0.2, -0.15) is 0 Å². The second-order valence-electron chi connectivity index (χ2n) is 6.76. The molecular formula is C21H24N4O2. The van der Waals surface area contributed by atoms with Gasteiger partial charge in [-0.15, -0.1) is 0 Å². The van der Waals surface area contributed by atoms with E-state index in [9.17, 15) is 4.79 Å². The first kappa shape index (κ1) is 18.8. The molecule has 6 heteroatoms. The highest BCUT2D eigenvalue weighted by atomic mass is 16.5. The predicted molar refractivity (Wildman–Crippen MR) is 103 cm³/mol. The largest absolute Gasteiger partial charge is 0.359 e. The van der Waals surface area contributed by atoms with Crippen LogP contribution in [-0.4, -0.2) is 28.0 Å². The minimum atomic E-state index is -0.260. The minimum Gasteiger partial charge on any atom is -0.359 e. The molecule has 3 aromatic rings. The van der Waals surface area contributed by atoms with E-state index >= 15 is 0 Å². The number of rotatable bonds is 7. The molecule has 0 bridgehead atoms. The molecule has 1 aromatic carbocycles. The van der Waals surface area contributed by atoms with Gasteiger partial charge in [0.1, 0.15) is 0 Å². The Balaban J connectivity index is 1.56. The average Bonchev–Trinajstić information content (AvgIpc) is 3.11. The summed E-state index contributed by atoms with van der Waals surface area (Å²) in [6, 6.07) is 15.6. The first-order valence-corrected chi connectivity index (χ1v) is 8.93. The summed E-state index contributed by atoms with van der Waals surface area (Å²) in [5, 5.41) is 6.83. The number of carbonyl (C=O) groups excluding carboxylic acids is 1. The Kier molecular flexibility index (Phi) is 5.98. The maximum Gasteiger partial charge on any atom is 0.273 e. The molecule has 6 nitrogen and oxygen atoms in total. The molecule has 0 saturated heterocycles. The van der Waals surface area contributed by atoms with Crippen molar-refractivity contribution in [2.75, 3.05) is 7.05 Å². The highest BCUT2D eigenvalue weighted by molar-refractivity contribution is 5.92. The molecule has 0 radical (unpaired) electrons. The molecule has 1 N–H and O–H groups in total. The number of hydrogen-bond acceptors (Lipinski definition) is 5. The van der Waals surface area contributed by atoms with Gasteiger partial charge in [0.05, 0.1) is 12.6 Å². The summed E-state index contributed by atoms with van der Waals surface area (Å²) in [6.07, 6.45) is 1.77. The zero-order valence-corrected chi connectivity index (χ0v) is 15.8. The van der Waals surface area contributed by atoms with E-state index in [1.165, 1.54) is 5.56 Å². The molecule has 3 rings (SSSR count). The van der Waals surface area contributed by atoms with Crippen molar-refractivity contribution < 1.29 is 9.32 Å². The molecule has 0 spiro atoms. The van der Waals surface area contributed by atoms with Crippen LogP contribution in [0.2, 0.25) is 0 Å². The highest BCUT2D eigenvalue weighted by Gasteiger charge is 2.17. The molecule has 1 amide bonds.